The van der Waals surface area contributed by atoms with Crippen LogP contribution in [0, 0.1) is 0 Å². The van der Waals surface area contributed by atoms with E-state index in [4.69, 9.17) is 11.6 Å². The number of pyridine rings is 1. The summed E-state index contributed by atoms with van der Waals surface area (Å²) in [5.41, 5.74) is 0. The maximum atomic E-state index is 11.5. The van der Waals surface area contributed by atoms with Gasteiger partial charge in [-0.25, -0.2) is 13.4 Å². The van der Waals surface area contributed by atoms with Gasteiger partial charge in [-0.15, -0.1) is 0 Å². The predicted octanol–water partition coefficient (Wildman–Crippen LogP) is 1.04. The molecule has 8 heteroatoms. The van der Waals surface area contributed by atoms with Gasteiger partial charge >= 0.3 is 5.97 Å². The van der Waals surface area contributed by atoms with E-state index in [0.717, 1.165) is 0 Å². The zero-order valence-electron chi connectivity index (χ0n) is 9.01. The van der Waals surface area contributed by atoms with E-state index in [-0.39, 0.29) is 18.0 Å². The van der Waals surface area contributed by atoms with Gasteiger partial charge in [0, 0.05) is 17.3 Å². The molecule has 0 bridgehead atoms. The number of sulfonamides is 1. The Morgan fingerprint density at radius 1 is 1.59 bits per heavy atom. The molecule has 17 heavy (non-hydrogen) atoms. The first-order chi connectivity index (χ1) is 7.93. The van der Waals surface area contributed by atoms with Crippen molar-refractivity contribution in [2.45, 2.75) is 6.42 Å². The van der Waals surface area contributed by atoms with Gasteiger partial charge in [0.1, 0.15) is 5.82 Å². The Morgan fingerprint density at radius 2 is 2.29 bits per heavy atom. The summed E-state index contributed by atoms with van der Waals surface area (Å²) in [6, 6.07) is 2.89. The number of rotatable bonds is 5. The lowest BCUT2D eigenvalue weighted by atomic mass is 10.5. The maximum absolute atomic E-state index is 11.5. The van der Waals surface area contributed by atoms with Gasteiger partial charge in [0.2, 0.25) is 10.0 Å². The Labute approximate surface area is 104 Å². The monoisotopic (exact) mass is 278 g/mol. The molecule has 0 aliphatic heterocycles. The van der Waals surface area contributed by atoms with Gasteiger partial charge in [-0.1, -0.05) is 11.6 Å². The number of anilines is 1. The SMILES string of the molecule is COC(=O)CCS(=O)(=O)Nc1cc(Cl)ccn1. The molecular formula is C9H11ClN2O4S. The van der Waals surface area contributed by atoms with E-state index in [9.17, 15) is 13.2 Å². The standard InChI is InChI=1S/C9H11ClN2O4S/c1-16-9(13)3-5-17(14,15)12-8-6-7(10)2-4-11-8/h2,4,6H,3,5H2,1H3,(H,11,12). The average Bonchev–Trinajstić information content (AvgIpc) is 2.25. The van der Waals surface area contributed by atoms with Gasteiger partial charge in [0.25, 0.3) is 0 Å². The topological polar surface area (TPSA) is 85.4 Å². The summed E-state index contributed by atoms with van der Waals surface area (Å²) >= 11 is 5.67. The molecular weight excluding hydrogens is 268 g/mol. The third kappa shape index (κ3) is 5.01. The molecule has 1 heterocycles. The van der Waals surface area contributed by atoms with Crippen LogP contribution in [-0.2, 0) is 19.6 Å². The molecule has 0 fully saturated rings. The van der Waals surface area contributed by atoms with Crippen molar-refractivity contribution in [3.8, 4) is 0 Å². The minimum absolute atomic E-state index is 0.113. The third-order valence-corrected chi connectivity index (χ3v) is 3.28. The van der Waals surface area contributed by atoms with Crippen LogP contribution >= 0.6 is 11.6 Å². The summed E-state index contributed by atoms with van der Waals surface area (Å²) < 4.78 is 29.6. The summed E-state index contributed by atoms with van der Waals surface area (Å²) in [6.07, 6.45) is 1.16. The van der Waals surface area contributed by atoms with E-state index in [0.29, 0.717) is 5.02 Å². The third-order valence-electron chi connectivity index (χ3n) is 1.78. The number of nitrogens with zero attached hydrogens (tertiary/aromatic N) is 1. The van der Waals surface area contributed by atoms with Crippen molar-refractivity contribution in [3.63, 3.8) is 0 Å². The first kappa shape index (κ1) is 13.7. The highest BCUT2D eigenvalue weighted by molar-refractivity contribution is 7.92. The van der Waals surface area contributed by atoms with Crippen LogP contribution in [0.25, 0.3) is 0 Å². The fraction of sp³-hybridized carbons (Fsp3) is 0.333. The van der Waals surface area contributed by atoms with Crippen molar-refractivity contribution in [2.75, 3.05) is 17.6 Å². The Kier molecular flexibility index (Phi) is 4.71. The van der Waals surface area contributed by atoms with Crippen LogP contribution in [0.5, 0.6) is 0 Å². The van der Waals surface area contributed by atoms with E-state index in [1.165, 1.54) is 25.4 Å². The van der Waals surface area contributed by atoms with Crippen molar-refractivity contribution in [1.82, 2.24) is 4.98 Å². The predicted molar refractivity (Wildman–Crippen MR) is 63.3 cm³/mol. The lowest BCUT2D eigenvalue weighted by molar-refractivity contribution is -0.140. The Bertz CT molecular complexity index is 503. The van der Waals surface area contributed by atoms with Crippen molar-refractivity contribution >= 4 is 33.4 Å². The van der Waals surface area contributed by atoms with Crippen molar-refractivity contribution < 1.29 is 17.9 Å². The normalized spacial score (nSPS) is 10.9. The van der Waals surface area contributed by atoms with Crippen LogP contribution in [0.3, 0.4) is 0 Å². The number of hydrogen-bond acceptors (Lipinski definition) is 5. The second kappa shape index (κ2) is 5.83. The summed E-state index contributed by atoms with van der Waals surface area (Å²) in [7, 11) is -2.43. The number of nitrogens with one attached hydrogen (secondary N) is 1. The zero-order valence-corrected chi connectivity index (χ0v) is 10.6. The van der Waals surface area contributed by atoms with Crippen LogP contribution in [0.1, 0.15) is 6.42 Å². The van der Waals surface area contributed by atoms with Crippen molar-refractivity contribution in [3.05, 3.63) is 23.4 Å². The summed E-state index contributed by atoms with van der Waals surface area (Å²) in [5.74, 6) is -0.842. The Hall–Kier alpha value is -1.34. The van der Waals surface area contributed by atoms with E-state index in [1.807, 2.05) is 0 Å². The average molecular weight is 279 g/mol. The summed E-state index contributed by atoms with van der Waals surface area (Å²) in [4.78, 5) is 14.6. The largest absolute Gasteiger partial charge is 0.469 e. The summed E-state index contributed by atoms with van der Waals surface area (Å²) in [6.45, 7) is 0. The lowest BCUT2D eigenvalue weighted by Gasteiger charge is -2.06. The number of esters is 1. The van der Waals surface area contributed by atoms with E-state index >= 15 is 0 Å². The van der Waals surface area contributed by atoms with Gasteiger partial charge in [-0.3, -0.25) is 9.52 Å². The molecule has 0 aromatic carbocycles. The molecule has 0 radical (unpaired) electrons. The minimum Gasteiger partial charge on any atom is -0.469 e. The molecule has 0 aliphatic carbocycles. The smallest absolute Gasteiger partial charge is 0.306 e. The van der Waals surface area contributed by atoms with Gasteiger partial charge < -0.3 is 4.74 Å². The number of carbonyl (C=O) groups excluding carboxylic acids is 1. The molecule has 0 atom stereocenters. The number of carbonyl (C=O) groups is 1. The second-order valence-electron chi connectivity index (χ2n) is 3.11. The first-order valence-corrected chi connectivity index (χ1v) is 6.65. The van der Waals surface area contributed by atoms with E-state index in [2.05, 4.69) is 14.4 Å². The van der Waals surface area contributed by atoms with Crippen LogP contribution in [-0.4, -0.2) is 32.2 Å². The van der Waals surface area contributed by atoms with Crippen molar-refractivity contribution in [1.29, 1.82) is 0 Å². The highest BCUT2D eigenvalue weighted by Crippen LogP contribution is 2.13. The van der Waals surface area contributed by atoms with Gasteiger partial charge in [-0.2, -0.15) is 0 Å². The second-order valence-corrected chi connectivity index (χ2v) is 5.38. The van der Waals surface area contributed by atoms with Crippen LogP contribution in [0.15, 0.2) is 18.3 Å². The number of hydrogen-bond donors (Lipinski definition) is 1. The van der Waals surface area contributed by atoms with Gasteiger partial charge in [-0.05, 0) is 6.07 Å². The number of ether oxygens (including phenoxy) is 1. The fourth-order valence-electron chi connectivity index (χ4n) is 0.991. The van der Waals surface area contributed by atoms with Crippen LogP contribution in [0.2, 0.25) is 5.02 Å². The Balaban J connectivity index is 2.64. The molecule has 1 aromatic heterocycles. The maximum Gasteiger partial charge on any atom is 0.306 e. The molecule has 1 rings (SSSR count). The highest BCUT2D eigenvalue weighted by atomic mass is 35.5. The van der Waals surface area contributed by atoms with Gasteiger partial charge in [0.05, 0.1) is 19.3 Å². The molecule has 6 nitrogen and oxygen atoms in total. The molecule has 0 unspecified atom stereocenters. The minimum atomic E-state index is -3.63. The lowest BCUT2D eigenvalue weighted by Crippen LogP contribution is -2.20. The zero-order chi connectivity index (χ0) is 12.9. The molecule has 0 aliphatic rings. The molecule has 1 aromatic rings. The highest BCUT2D eigenvalue weighted by Gasteiger charge is 2.14. The molecule has 94 valence electrons. The van der Waals surface area contributed by atoms with E-state index in [1.54, 1.807) is 0 Å². The van der Waals surface area contributed by atoms with Crippen molar-refractivity contribution in [2.24, 2.45) is 0 Å². The summed E-state index contributed by atoms with van der Waals surface area (Å²) in [5, 5.41) is 0.366. The first-order valence-electron chi connectivity index (χ1n) is 4.62. The van der Waals surface area contributed by atoms with E-state index < -0.39 is 16.0 Å². The van der Waals surface area contributed by atoms with Gasteiger partial charge in [0.15, 0.2) is 0 Å². The molecule has 1 N–H and O–H groups in total. The number of aromatic nitrogens is 1. The molecule has 0 spiro atoms. The van der Waals surface area contributed by atoms with Crippen LogP contribution in [0.4, 0.5) is 5.82 Å². The molecule has 0 saturated carbocycles. The number of methoxy groups -OCH3 is 1. The quantitative estimate of drug-likeness (QED) is 0.814. The fourth-order valence-corrected chi connectivity index (χ4v) is 2.12. The molecule has 0 amide bonds. The molecule has 0 saturated heterocycles. The van der Waals surface area contributed by atoms with Crippen LogP contribution < -0.4 is 4.72 Å². The Morgan fingerprint density at radius 3 is 2.88 bits per heavy atom. The number of halogens is 1.